The van der Waals surface area contributed by atoms with Crippen LogP contribution >= 0.6 is 11.6 Å². The van der Waals surface area contributed by atoms with E-state index in [4.69, 9.17) is 21.1 Å². The number of benzene rings is 4. The van der Waals surface area contributed by atoms with Crippen molar-refractivity contribution in [2.24, 2.45) is 0 Å². The second kappa shape index (κ2) is 26.1. The van der Waals surface area contributed by atoms with Crippen LogP contribution in [0, 0.1) is 0 Å². The minimum atomic E-state index is -0.787. The van der Waals surface area contributed by atoms with Crippen molar-refractivity contribution in [3.63, 3.8) is 0 Å². The van der Waals surface area contributed by atoms with Gasteiger partial charge in [0, 0.05) is 119 Å². The molecule has 0 spiro atoms. The van der Waals surface area contributed by atoms with E-state index in [0.717, 1.165) is 83.4 Å². The van der Waals surface area contributed by atoms with Gasteiger partial charge in [-0.05, 0) is 102 Å². The van der Waals surface area contributed by atoms with E-state index in [1.54, 1.807) is 23.2 Å². The van der Waals surface area contributed by atoms with Crippen molar-refractivity contribution in [1.82, 2.24) is 45.2 Å². The molecule has 19 nitrogen and oxygen atoms in total. The second-order valence-corrected chi connectivity index (χ2v) is 25.1. The number of halogens is 1. The van der Waals surface area contributed by atoms with E-state index in [9.17, 15) is 29.1 Å². The Morgan fingerprint density at radius 3 is 2.20 bits per heavy atom. The topological polar surface area (TPSA) is 215 Å². The third-order valence-corrected chi connectivity index (χ3v) is 19.3. The van der Waals surface area contributed by atoms with Crippen LogP contribution in [0.1, 0.15) is 121 Å². The number of carbonyl (C=O) groups is 5. The van der Waals surface area contributed by atoms with Crippen molar-refractivity contribution in [2.45, 2.75) is 94.3 Å². The summed E-state index contributed by atoms with van der Waals surface area (Å²) in [6, 6.07) is 33.5. The summed E-state index contributed by atoms with van der Waals surface area (Å²) in [7, 11) is 0. The molecule has 460 valence electrons. The molecule has 4 saturated heterocycles. The monoisotopic (exact) mass is 1210 g/mol. The van der Waals surface area contributed by atoms with Crippen molar-refractivity contribution in [3.05, 3.63) is 160 Å². The first-order valence-electron chi connectivity index (χ1n) is 31.1. The number of fused-ring (bicyclic) bond motifs is 7. The van der Waals surface area contributed by atoms with Gasteiger partial charge in [-0.3, -0.25) is 24.1 Å². The molecule has 88 heavy (non-hydrogen) atoms. The summed E-state index contributed by atoms with van der Waals surface area (Å²) in [4.78, 5) is 93.2. The van der Waals surface area contributed by atoms with Crippen molar-refractivity contribution >= 4 is 52.8 Å². The Kier molecular flexibility index (Phi) is 17.9. The lowest BCUT2D eigenvalue weighted by Gasteiger charge is -2.55. The summed E-state index contributed by atoms with van der Waals surface area (Å²) < 4.78 is 13.0. The SMILES string of the molecule is CCc1cccc(-c2cnc(C(=O)N3CCN(CC45CCC(NCC(=O)NCCN(C[C@@H](C(=O)N6CCN(c7ncnc8c7[C@H](C)C[C@H]8O)CC6)c6ccc(Cl)cc6)C(=O)OCC6c7ccccc7-c7ccccc76)(CC4)CO5)CC3)c(NC(C)=O)c2)c1. The largest absolute Gasteiger partial charge is 0.448 e. The first-order chi connectivity index (χ1) is 42.7. The second-order valence-electron chi connectivity index (χ2n) is 24.7. The maximum Gasteiger partial charge on any atom is 0.409 e. The zero-order chi connectivity index (χ0) is 61.1. The Labute approximate surface area is 519 Å². The first-order valence-corrected chi connectivity index (χ1v) is 31.5. The number of hydrogen-bond acceptors (Lipinski definition) is 14. The molecular weight excluding hydrogens is 1130 g/mol. The van der Waals surface area contributed by atoms with E-state index < -0.39 is 18.1 Å². The number of nitrogens with zero attached hydrogens (tertiary/aromatic N) is 8. The highest BCUT2D eigenvalue weighted by molar-refractivity contribution is 6.30. The maximum absolute atomic E-state index is 15.0. The van der Waals surface area contributed by atoms with E-state index >= 15 is 0 Å². The number of hydrogen-bond donors (Lipinski definition) is 4. The Bertz CT molecular complexity index is 3500. The molecular formula is C68H78ClN11O8. The van der Waals surface area contributed by atoms with Gasteiger partial charge in [-0.25, -0.2) is 19.7 Å². The van der Waals surface area contributed by atoms with Crippen molar-refractivity contribution < 1.29 is 38.6 Å². The summed E-state index contributed by atoms with van der Waals surface area (Å²) in [5.41, 5.74) is 9.61. The Hall–Kier alpha value is -7.81. The average molecular weight is 1210 g/mol. The highest BCUT2D eigenvalue weighted by Gasteiger charge is 2.51. The number of aliphatic hydroxyl groups is 1. The summed E-state index contributed by atoms with van der Waals surface area (Å²) >= 11 is 6.42. The van der Waals surface area contributed by atoms with Crippen molar-refractivity contribution in [1.29, 1.82) is 0 Å². The fourth-order valence-electron chi connectivity index (χ4n) is 14.1. The standard InChI is InChI=1S/C68H78ClN11O8/c1-4-46-10-9-11-48(35-46)49-36-57(75-45(3)81)61(71-37-49)65(85)79-28-26-76(27-29-79)41-68-22-20-67(21-23-68,42-88-68)74-38-59(83)70-24-25-80(66(86)87-40-56-53-14-7-5-12-51(53)52-13-6-8-15-54(52)56)39-55(47-16-18-50(69)19-17-47)64(84)78-32-30-77(31-33-78)63-60-44(2)34-58(82)62(60)72-43-73-63/h5-19,35-37,43-44,55-56,58,74,82H,4,20-34,38-42H2,1-3H3,(H,70,83)(H,75,81)/t44-,55-,58-,67?,68?/m1/s1. The number of carbonyl (C=O) groups excluding carboxylic acids is 5. The van der Waals surface area contributed by atoms with Crippen LogP contribution < -0.4 is 20.9 Å². The molecule has 6 heterocycles. The number of piperazine rings is 2. The molecule has 5 amide bonds. The van der Waals surface area contributed by atoms with E-state index in [2.05, 4.69) is 90.9 Å². The van der Waals surface area contributed by atoms with Crippen molar-refractivity contribution in [2.75, 3.05) is 109 Å². The van der Waals surface area contributed by atoms with Crippen molar-refractivity contribution in [3.8, 4) is 22.3 Å². The molecule has 7 aliphatic rings. The summed E-state index contributed by atoms with van der Waals surface area (Å²) in [6.07, 6.45) is 6.79. The van der Waals surface area contributed by atoms with Crippen LogP contribution in [-0.4, -0.2) is 179 Å². The van der Waals surface area contributed by atoms with Gasteiger partial charge in [-0.1, -0.05) is 110 Å². The molecule has 20 heteroatoms. The number of aliphatic hydroxyl groups excluding tert-OH is 1. The predicted molar refractivity (Wildman–Crippen MR) is 336 cm³/mol. The molecule has 2 bridgehead atoms. The molecule has 4 aliphatic heterocycles. The Morgan fingerprint density at radius 1 is 0.818 bits per heavy atom. The quantitative estimate of drug-likeness (QED) is 0.0602. The van der Waals surface area contributed by atoms with E-state index in [0.29, 0.717) is 87.4 Å². The molecule has 4 N–H and O–H groups in total. The number of amides is 5. The highest BCUT2D eigenvalue weighted by atomic mass is 35.5. The lowest BCUT2D eigenvalue weighted by Crippen LogP contribution is -2.65. The number of ether oxygens (including phenoxy) is 2. The molecule has 0 unspecified atom stereocenters. The van der Waals surface area contributed by atoms with Gasteiger partial charge in [0.05, 0.1) is 42.2 Å². The van der Waals surface area contributed by atoms with Crippen LogP contribution in [0.25, 0.3) is 22.3 Å². The smallest absolute Gasteiger partial charge is 0.409 e. The predicted octanol–water partition coefficient (Wildman–Crippen LogP) is 8.18. The van der Waals surface area contributed by atoms with Crippen LogP contribution in [-0.2, 0) is 30.3 Å². The third kappa shape index (κ3) is 12.9. The molecule has 3 aliphatic carbocycles. The van der Waals surface area contributed by atoms with Crippen LogP contribution in [0.2, 0.25) is 5.02 Å². The molecule has 6 aromatic rings. The number of pyridine rings is 1. The van der Waals surface area contributed by atoms with Gasteiger partial charge in [0.2, 0.25) is 17.7 Å². The average Bonchev–Trinajstić information content (AvgIpc) is 1.41. The summed E-state index contributed by atoms with van der Waals surface area (Å²) in [6.45, 7) is 11.4. The minimum absolute atomic E-state index is 0.0155. The Balaban J connectivity index is 0.662. The van der Waals surface area contributed by atoms with Crippen LogP contribution in [0.3, 0.4) is 0 Å². The molecule has 4 aromatic carbocycles. The molecule has 13 rings (SSSR count). The van der Waals surface area contributed by atoms with E-state index in [1.807, 2.05) is 64.4 Å². The van der Waals surface area contributed by atoms with Gasteiger partial charge in [0.1, 0.15) is 18.8 Å². The number of aromatic nitrogens is 3. The molecule has 2 aromatic heterocycles. The number of aryl methyl sites for hydroxylation is 1. The van der Waals surface area contributed by atoms with Gasteiger partial charge >= 0.3 is 6.09 Å². The van der Waals surface area contributed by atoms with Crippen LogP contribution in [0.15, 0.2) is 116 Å². The summed E-state index contributed by atoms with van der Waals surface area (Å²) in [5.74, 6) is -0.943. The number of anilines is 2. The molecule has 0 radical (unpaired) electrons. The number of nitrogens with one attached hydrogen (secondary N) is 3. The lowest BCUT2D eigenvalue weighted by molar-refractivity contribution is -0.173. The summed E-state index contributed by atoms with van der Waals surface area (Å²) in [5, 5.41) is 20.7. The first kappa shape index (κ1) is 60.5. The normalized spacial score (nSPS) is 21.7. The molecule has 5 fully saturated rings. The number of rotatable bonds is 19. The molecule has 3 atom stereocenters. The van der Waals surface area contributed by atoms with Gasteiger partial charge in [0.15, 0.2) is 5.69 Å². The minimum Gasteiger partial charge on any atom is -0.448 e. The fourth-order valence-corrected chi connectivity index (χ4v) is 14.2. The highest BCUT2D eigenvalue weighted by Crippen LogP contribution is 2.47. The third-order valence-electron chi connectivity index (χ3n) is 19.1. The van der Waals surface area contributed by atoms with Crippen LogP contribution in [0.4, 0.5) is 16.3 Å². The molecule has 1 saturated carbocycles. The van der Waals surface area contributed by atoms with Gasteiger partial charge < -0.3 is 50.1 Å². The zero-order valence-electron chi connectivity index (χ0n) is 50.4. The fraction of sp³-hybridized carbons (Fsp3) is 0.441. The zero-order valence-corrected chi connectivity index (χ0v) is 51.1. The maximum atomic E-state index is 15.0. The van der Waals surface area contributed by atoms with Gasteiger partial charge in [0.25, 0.3) is 5.91 Å². The van der Waals surface area contributed by atoms with E-state index in [1.165, 1.54) is 18.8 Å². The Morgan fingerprint density at radius 2 is 1.52 bits per heavy atom. The van der Waals surface area contributed by atoms with Gasteiger partial charge in [-0.2, -0.15) is 0 Å². The van der Waals surface area contributed by atoms with Crippen LogP contribution in [0.5, 0.6) is 0 Å². The lowest BCUT2D eigenvalue weighted by atomic mass is 9.71. The van der Waals surface area contributed by atoms with Gasteiger partial charge in [-0.15, -0.1) is 0 Å². The van der Waals surface area contributed by atoms with E-state index in [-0.39, 0.29) is 85.1 Å².